The van der Waals surface area contributed by atoms with Gasteiger partial charge in [-0.25, -0.2) is 13.1 Å². The van der Waals surface area contributed by atoms with Crippen molar-refractivity contribution >= 4 is 21.6 Å². The van der Waals surface area contributed by atoms with Crippen molar-refractivity contribution in [3.8, 4) is 11.5 Å². The van der Waals surface area contributed by atoms with E-state index in [1.807, 2.05) is 0 Å². The van der Waals surface area contributed by atoms with Crippen LogP contribution in [0.5, 0.6) is 0 Å². The number of hydrogen-bond acceptors (Lipinski definition) is 6. The Labute approximate surface area is 143 Å². The van der Waals surface area contributed by atoms with E-state index in [2.05, 4.69) is 19.9 Å². The lowest BCUT2D eigenvalue weighted by atomic mass is 10.2. The molecule has 0 amide bonds. The topological polar surface area (TPSA) is 98.0 Å². The maximum atomic E-state index is 12.1. The first-order valence-electron chi connectivity index (χ1n) is 6.97. The number of benzene rings is 1. The lowest BCUT2D eigenvalue weighted by Gasteiger charge is -2.06. The summed E-state index contributed by atoms with van der Waals surface area (Å²) in [6.07, 6.45) is 3.21. The van der Waals surface area contributed by atoms with Crippen LogP contribution in [0.2, 0.25) is 5.02 Å². The predicted molar refractivity (Wildman–Crippen MR) is 88.4 cm³/mol. The van der Waals surface area contributed by atoms with Gasteiger partial charge in [0.1, 0.15) is 0 Å². The summed E-state index contributed by atoms with van der Waals surface area (Å²) in [5.41, 5.74) is 1.23. The first-order chi connectivity index (χ1) is 11.5. The summed E-state index contributed by atoms with van der Waals surface area (Å²) in [6.45, 7) is -0.0924. The fraction of sp³-hybridized carbons (Fsp3) is 0.133. The van der Waals surface area contributed by atoms with Gasteiger partial charge in [-0.15, -0.1) is 10.2 Å². The van der Waals surface area contributed by atoms with Crippen molar-refractivity contribution in [1.82, 2.24) is 19.9 Å². The first-order valence-corrected chi connectivity index (χ1v) is 9.00. The molecule has 9 heteroatoms. The molecular formula is C15H13ClN4O3S. The van der Waals surface area contributed by atoms with E-state index >= 15 is 0 Å². The number of sulfonamides is 1. The highest BCUT2D eigenvalue weighted by Crippen LogP contribution is 2.18. The molecule has 0 saturated heterocycles. The molecule has 0 aliphatic heterocycles. The maximum Gasteiger partial charge on any atom is 0.247 e. The number of aromatic nitrogens is 3. The van der Waals surface area contributed by atoms with Crippen LogP contribution in [0, 0.1) is 0 Å². The SMILES string of the molecule is O=S(=O)(Cc1ccccc1Cl)NCc1nnc(-c2ccncc2)o1. The number of nitrogens with one attached hydrogen (secondary N) is 1. The Bertz CT molecular complexity index is 929. The van der Waals surface area contributed by atoms with Crippen LogP contribution in [0.3, 0.4) is 0 Å². The fourth-order valence-corrected chi connectivity index (χ4v) is 3.37. The minimum Gasteiger partial charge on any atom is -0.419 e. The summed E-state index contributed by atoms with van der Waals surface area (Å²) in [5.74, 6) is 0.250. The molecule has 24 heavy (non-hydrogen) atoms. The second-order valence-corrected chi connectivity index (χ2v) is 7.12. The van der Waals surface area contributed by atoms with E-state index < -0.39 is 10.0 Å². The maximum absolute atomic E-state index is 12.1. The first kappa shape index (κ1) is 16.6. The van der Waals surface area contributed by atoms with Crippen LogP contribution >= 0.6 is 11.6 Å². The lowest BCUT2D eigenvalue weighted by molar-refractivity contribution is 0.494. The van der Waals surface area contributed by atoms with Gasteiger partial charge in [0.05, 0.1) is 12.3 Å². The Morgan fingerprint density at radius 2 is 1.83 bits per heavy atom. The molecule has 0 saturated carbocycles. The smallest absolute Gasteiger partial charge is 0.247 e. The Morgan fingerprint density at radius 3 is 2.58 bits per heavy atom. The Balaban J connectivity index is 1.65. The van der Waals surface area contributed by atoms with Crippen molar-refractivity contribution in [2.24, 2.45) is 0 Å². The predicted octanol–water partition coefficient (Wildman–Crippen LogP) is 2.40. The highest BCUT2D eigenvalue weighted by Gasteiger charge is 2.16. The number of pyridine rings is 1. The van der Waals surface area contributed by atoms with E-state index in [1.165, 1.54) is 0 Å². The summed E-state index contributed by atoms with van der Waals surface area (Å²) < 4.78 is 32.1. The molecular weight excluding hydrogens is 352 g/mol. The van der Waals surface area contributed by atoms with E-state index in [9.17, 15) is 8.42 Å². The Kier molecular flexibility index (Phi) is 4.89. The van der Waals surface area contributed by atoms with Crippen molar-refractivity contribution in [1.29, 1.82) is 0 Å². The molecule has 0 aliphatic rings. The number of hydrogen-bond donors (Lipinski definition) is 1. The number of nitrogens with zero attached hydrogens (tertiary/aromatic N) is 3. The molecule has 0 unspecified atom stereocenters. The van der Waals surface area contributed by atoms with E-state index in [4.69, 9.17) is 16.0 Å². The van der Waals surface area contributed by atoms with Gasteiger partial charge in [0.15, 0.2) is 0 Å². The molecule has 0 radical (unpaired) electrons. The average molecular weight is 365 g/mol. The van der Waals surface area contributed by atoms with Gasteiger partial charge >= 0.3 is 0 Å². The minimum atomic E-state index is -3.58. The average Bonchev–Trinajstić information content (AvgIpc) is 3.05. The monoisotopic (exact) mass is 364 g/mol. The molecule has 0 spiro atoms. The van der Waals surface area contributed by atoms with Crippen LogP contribution in [-0.4, -0.2) is 23.6 Å². The molecule has 124 valence electrons. The third kappa shape index (κ3) is 4.16. The fourth-order valence-electron chi connectivity index (χ4n) is 1.98. The van der Waals surface area contributed by atoms with Crippen LogP contribution in [-0.2, 0) is 22.3 Å². The largest absolute Gasteiger partial charge is 0.419 e. The number of halogens is 1. The quantitative estimate of drug-likeness (QED) is 0.721. The molecule has 3 rings (SSSR count). The van der Waals surface area contributed by atoms with E-state index in [1.54, 1.807) is 48.8 Å². The van der Waals surface area contributed by atoms with E-state index in [-0.39, 0.29) is 18.2 Å². The molecule has 2 aromatic heterocycles. The van der Waals surface area contributed by atoms with E-state index in [0.29, 0.717) is 22.0 Å². The van der Waals surface area contributed by atoms with Gasteiger partial charge < -0.3 is 4.42 Å². The second kappa shape index (κ2) is 7.08. The van der Waals surface area contributed by atoms with Crippen LogP contribution in [0.25, 0.3) is 11.5 Å². The van der Waals surface area contributed by atoms with Crippen molar-refractivity contribution in [2.75, 3.05) is 0 Å². The van der Waals surface area contributed by atoms with Crippen molar-refractivity contribution in [3.63, 3.8) is 0 Å². The summed E-state index contributed by atoms with van der Waals surface area (Å²) >= 11 is 5.98. The van der Waals surface area contributed by atoms with Gasteiger partial charge in [0.2, 0.25) is 21.8 Å². The van der Waals surface area contributed by atoms with Gasteiger partial charge in [-0.1, -0.05) is 29.8 Å². The normalized spacial score (nSPS) is 11.5. The summed E-state index contributed by atoms with van der Waals surface area (Å²) in [7, 11) is -3.58. The standard InChI is InChI=1S/C15H13ClN4O3S/c16-13-4-2-1-3-12(13)10-24(21,22)18-9-14-19-20-15(23-14)11-5-7-17-8-6-11/h1-8,18H,9-10H2. The highest BCUT2D eigenvalue weighted by molar-refractivity contribution is 7.88. The van der Waals surface area contributed by atoms with Crippen molar-refractivity contribution in [2.45, 2.75) is 12.3 Å². The van der Waals surface area contributed by atoms with Gasteiger partial charge in [0.25, 0.3) is 0 Å². The molecule has 1 aromatic carbocycles. The van der Waals surface area contributed by atoms with Gasteiger partial charge in [-0.05, 0) is 23.8 Å². The van der Waals surface area contributed by atoms with Crippen molar-refractivity contribution < 1.29 is 12.8 Å². The third-order valence-corrected chi connectivity index (χ3v) is 4.78. The van der Waals surface area contributed by atoms with Crippen LogP contribution in [0.4, 0.5) is 0 Å². The molecule has 0 atom stereocenters. The second-order valence-electron chi connectivity index (χ2n) is 4.91. The van der Waals surface area contributed by atoms with Crippen LogP contribution < -0.4 is 4.72 Å². The van der Waals surface area contributed by atoms with Gasteiger partial charge in [0, 0.05) is 23.0 Å². The molecule has 0 bridgehead atoms. The molecule has 1 N–H and O–H groups in total. The number of rotatable bonds is 6. The molecule has 0 fully saturated rings. The third-order valence-electron chi connectivity index (χ3n) is 3.14. The van der Waals surface area contributed by atoms with Crippen LogP contribution in [0.15, 0.2) is 53.2 Å². The summed E-state index contributed by atoms with van der Waals surface area (Å²) in [6, 6.07) is 10.2. The van der Waals surface area contributed by atoms with Gasteiger partial charge in [-0.2, -0.15) is 0 Å². The van der Waals surface area contributed by atoms with Crippen LogP contribution in [0.1, 0.15) is 11.5 Å². The Morgan fingerprint density at radius 1 is 1.08 bits per heavy atom. The van der Waals surface area contributed by atoms with Crippen molar-refractivity contribution in [3.05, 3.63) is 65.3 Å². The lowest BCUT2D eigenvalue weighted by Crippen LogP contribution is -2.25. The summed E-state index contributed by atoms with van der Waals surface area (Å²) in [5, 5.41) is 8.12. The zero-order chi connectivity index (χ0) is 17.0. The Hall–Kier alpha value is -2.29. The summed E-state index contributed by atoms with van der Waals surface area (Å²) in [4.78, 5) is 3.90. The van der Waals surface area contributed by atoms with E-state index in [0.717, 1.165) is 0 Å². The molecule has 2 heterocycles. The molecule has 0 aliphatic carbocycles. The molecule has 3 aromatic rings. The minimum absolute atomic E-state index is 0.0924. The molecule has 7 nitrogen and oxygen atoms in total. The highest BCUT2D eigenvalue weighted by atomic mass is 35.5. The van der Waals surface area contributed by atoms with Gasteiger partial charge in [-0.3, -0.25) is 4.98 Å². The zero-order valence-electron chi connectivity index (χ0n) is 12.4. The zero-order valence-corrected chi connectivity index (χ0v) is 14.0.